The summed E-state index contributed by atoms with van der Waals surface area (Å²) < 4.78 is 72.9. The second-order valence-corrected chi connectivity index (χ2v) is 7.66. The molecule has 1 aliphatic carbocycles. The van der Waals surface area contributed by atoms with Gasteiger partial charge in [-0.15, -0.1) is 0 Å². The predicted octanol–water partition coefficient (Wildman–Crippen LogP) is 7.76. The van der Waals surface area contributed by atoms with Gasteiger partial charge >= 0.3 is 6.11 Å². The van der Waals surface area contributed by atoms with Gasteiger partial charge < -0.3 is 11.2 Å². The molecule has 0 bridgehead atoms. The van der Waals surface area contributed by atoms with E-state index in [9.17, 15) is 22.0 Å². The van der Waals surface area contributed by atoms with Crippen LogP contribution in [0.25, 0.3) is 11.1 Å². The van der Waals surface area contributed by atoms with Crippen LogP contribution in [0, 0.1) is 23.9 Å². The van der Waals surface area contributed by atoms with Crippen LogP contribution in [-0.4, -0.2) is 0 Å². The number of benzene rings is 3. The molecule has 1 nitrogen and oxygen atoms in total. The monoisotopic (exact) mass is 618 g/mol. The third-order valence-corrected chi connectivity index (χ3v) is 5.58. The minimum absolute atomic E-state index is 0. The van der Waals surface area contributed by atoms with Crippen molar-refractivity contribution in [1.82, 2.24) is 0 Å². The SMILES string of the molecule is Fc1cc(OC(F)(F)c2ccc(-c3ccc(C4CC[CH-]CC4)cc3)cc2)cc(F)c1F.[Re]. The largest absolute Gasteiger partial charge is 0.429 e. The normalized spacial score (nSPS) is 14.7. The molecule has 1 radical (unpaired) electrons. The second kappa shape index (κ2) is 10.1. The standard InChI is InChI=1S/C25H20F5O.Re/c26-22-14-21(15-23(27)24(22)28)31-25(29,30)20-12-10-19(11-13-20)18-8-6-17(7-9-18)16-4-2-1-3-5-16;/h1,6-16H,2-5H2;/q-1;. The summed E-state index contributed by atoms with van der Waals surface area (Å²) in [6.45, 7) is 0. The first-order valence-electron chi connectivity index (χ1n) is 10.1. The van der Waals surface area contributed by atoms with Gasteiger partial charge in [-0.25, -0.2) is 13.2 Å². The fourth-order valence-electron chi connectivity index (χ4n) is 3.86. The molecular formula is C25H20F5ORe-. The fraction of sp³-hybridized carbons (Fsp3) is 0.240. The van der Waals surface area contributed by atoms with Gasteiger partial charge in [-0.3, -0.25) is 0 Å². The molecule has 0 atom stereocenters. The van der Waals surface area contributed by atoms with E-state index in [0.29, 0.717) is 18.1 Å². The zero-order valence-electron chi connectivity index (χ0n) is 16.9. The van der Waals surface area contributed by atoms with Crippen LogP contribution in [-0.2, 0) is 26.5 Å². The van der Waals surface area contributed by atoms with Gasteiger partial charge in [0.15, 0.2) is 17.5 Å². The van der Waals surface area contributed by atoms with E-state index in [-0.39, 0.29) is 20.4 Å². The average Bonchev–Trinajstić information content (AvgIpc) is 2.78. The van der Waals surface area contributed by atoms with E-state index >= 15 is 0 Å². The molecule has 169 valence electrons. The summed E-state index contributed by atoms with van der Waals surface area (Å²) in [6, 6.07) is 14.3. The zero-order chi connectivity index (χ0) is 22.0. The third-order valence-electron chi connectivity index (χ3n) is 5.58. The summed E-state index contributed by atoms with van der Waals surface area (Å²) in [7, 11) is 0. The molecule has 0 amide bonds. The molecule has 3 aromatic carbocycles. The van der Waals surface area contributed by atoms with E-state index in [2.05, 4.69) is 23.3 Å². The molecule has 0 aliphatic heterocycles. The van der Waals surface area contributed by atoms with Crippen molar-refractivity contribution >= 4 is 0 Å². The van der Waals surface area contributed by atoms with Crippen LogP contribution in [0.3, 0.4) is 0 Å². The van der Waals surface area contributed by atoms with Crippen molar-refractivity contribution in [2.24, 2.45) is 0 Å². The number of hydrogen-bond donors (Lipinski definition) is 0. The maximum atomic E-state index is 14.4. The molecule has 4 rings (SSSR count). The Morgan fingerprint density at radius 1 is 0.781 bits per heavy atom. The van der Waals surface area contributed by atoms with Crippen molar-refractivity contribution in [3.05, 3.63) is 95.7 Å². The molecule has 0 unspecified atom stereocenters. The Kier molecular flexibility index (Phi) is 7.74. The topological polar surface area (TPSA) is 9.23 Å². The molecule has 3 aromatic rings. The Hall–Kier alpha value is -2.23. The van der Waals surface area contributed by atoms with Crippen LogP contribution >= 0.6 is 0 Å². The quantitative estimate of drug-likeness (QED) is 0.162. The van der Waals surface area contributed by atoms with Gasteiger partial charge in [-0.2, -0.15) is 21.6 Å². The first-order chi connectivity index (χ1) is 14.8. The average molecular weight is 618 g/mol. The molecular weight excluding hydrogens is 597 g/mol. The van der Waals surface area contributed by atoms with Gasteiger partial charge in [0.05, 0.1) is 5.56 Å². The Morgan fingerprint density at radius 3 is 1.81 bits per heavy atom. The van der Waals surface area contributed by atoms with Crippen molar-refractivity contribution in [2.75, 3.05) is 0 Å². The summed E-state index contributed by atoms with van der Waals surface area (Å²) in [5.74, 6) is -5.19. The molecule has 1 aliphatic rings. The summed E-state index contributed by atoms with van der Waals surface area (Å²) in [6.07, 6.45) is 3.00. The second-order valence-electron chi connectivity index (χ2n) is 7.66. The summed E-state index contributed by atoms with van der Waals surface area (Å²) in [4.78, 5) is 0. The molecule has 1 fully saturated rings. The van der Waals surface area contributed by atoms with Crippen LogP contribution in [0.15, 0.2) is 60.7 Å². The minimum atomic E-state index is -3.85. The van der Waals surface area contributed by atoms with E-state index in [1.807, 2.05) is 12.1 Å². The third kappa shape index (κ3) is 5.39. The molecule has 7 heteroatoms. The van der Waals surface area contributed by atoms with Crippen LogP contribution in [0.4, 0.5) is 22.0 Å². The molecule has 0 saturated heterocycles. The van der Waals surface area contributed by atoms with Crippen LogP contribution in [0.2, 0.25) is 0 Å². The van der Waals surface area contributed by atoms with E-state index in [0.717, 1.165) is 36.8 Å². The fourth-order valence-corrected chi connectivity index (χ4v) is 3.86. The zero-order valence-corrected chi connectivity index (χ0v) is 19.6. The minimum Gasteiger partial charge on any atom is -0.429 e. The summed E-state index contributed by atoms with van der Waals surface area (Å²) in [5.41, 5.74) is 2.44. The first kappa shape index (κ1) is 24.4. The van der Waals surface area contributed by atoms with Crippen LogP contribution in [0.5, 0.6) is 5.75 Å². The Bertz CT molecular complexity index is 1020. The van der Waals surface area contributed by atoms with Crippen molar-refractivity contribution in [1.29, 1.82) is 0 Å². The van der Waals surface area contributed by atoms with Crippen LogP contribution in [0.1, 0.15) is 42.7 Å². The molecule has 1 saturated carbocycles. The van der Waals surface area contributed by atoms with E-state index in [4.69, 9.17) is 0 Å². The van der Waals surface area contributed by atoms with Crippen molar-refractivity contribution in [3.63, 3.8) is 0 Å². The van der Waals surface area contributed by atoms with Crippen molar-refractivity contribution < 1.29 is 47.1 Å². The number of hydrogen-bond acceptors (Lipinski definition) is 1. The number of ether oxygens (including phenoxy) is 1. The van der Waals surface area contributed by atoms with Gasteiger partial charge in [-0.05, 0) is 34.7 Å². The molecule has 0 aromatic heterocycles. The smallest absolute Gasteiger partial charge is 0.426 e. The Balaban J connectivity index is 0.00000289. The Labute approximate surface area is 197 Å². The van der Waals surface area contributed by atoms with Gasteiger partial charge in [0.25, 0.3) is 0 Å². The van der Waals surface area contributed by atoms with E-state index < -0.39 is 34.9 Å². The predicted molar refractivity (Wildman–Crippen MR) is 108 cm³/mol. The molecule has 0 N–H and O–H groups in total. The van der Waals surface area contributed by atoms with Gasteiger partial charge in [-0.1, -0.05) is 49.2 Å². The number of rotatable bonds is 5. The number of alkyl halides is 2. The van der Waals surface area contributed by atoms with Gasteiger partial charge in [0.2, 0.25) is 0 Å². The summed E-state index contributed by atoms with van der Waals surface area (Å²) >= 11 is 0. The molecule has 32 heavy (non-hydrogen) atoms. The molecule has 0 spiro atoms. The summed E-state index contributed by atoms with van der Waals surface area (Å²) in [5, 5.41) is 0. The van der Waals surface area contributed by atoms with Crippen molar-refractivity contribution in [3.8, 4) is 16.9 Å². The maximum absolute atomic E-state index is 14.4. The van der Waals surface area contributed by atoms with Gasteiger partial charge in [0.1, 0.15) is 5.75 Å². The van der Waals surface area contributed by atoms with E-state index in [1.165, 1.54) is 29.8 Å². The van der Waals surface area contributed by atoms with Crippen molar-refractivity contribution in [2.45, 2.75) is 37.7 Å². The first-order valence-corrected chi connectivity index (χ1v) is 10.1. The number of halogens is 5. The maximum Gasteiger partial charge on any atom is 0.426 e. The Morgan fingerprint density at radius 2 is 1.28 bits per heavy atom. The van der Waals surface area contributed by atoms with Gasteiger partial charge in [0, 0.05) is 32.6 Å². The molecule has 0 heterocycles. The van der Waals surface area contributed by atoms with E-state index in [1.54, 1.807) is 0 Å². The van der Waals surface area contributed by atoms with Crippen LogP contribution < -0.4 is 4.74 Å².